The van der Waals surface area contributed by atoms with Crippen LogP contribution in [0.5, 0.6) is 5.75 Å². The third-order valence-electron chi connectivity index (χ3n) is 2.29. The first-order valence-corrected chi connectivity index (χ1v) is 5.27. The zero-order chi connectivity index (χ0) is 9.42. The van der Waals surface area contributed by atoms with E-state index in [1.54, 1.807) is 12.1 Å². The molecular formula is C9H9BrClNO. The smallest absolute Gasteiger partial charge is 0.136 e. The molecule has 1 fully saturated rings. The van der Waals surface area contributed by atoms with Crippen molar-refractivity contribution in [2.24, 2.45) is 0 Å². The molecule has 1 saturated heterocycles. The lowest BCUT2D eigenvalue weighted by atomic mass is 9.97. The third-order valence-corrected chi connectivity index (χ3v) is 3.26. The fourth-order valence-corrected chi connectivity index (χ4v) is 2.05. The highest BCUT2D eigenvalue weighted by Gasteiger charge is 2.24. The van der Waals surface area contributed by atoms with Crippen LogP contribution in [-0.2, 0) is 0 Å². The zero-order valence-corrected chi connectivity index (χ0v) is 9.19. The summed E-state index contributed by atoms with van der Waals surface area (Å²) in [5.74, 6) is 0.254. The minimum absolute atomic E-state index is 0.213. The Bertz CT molecular complexity index is 339. The van der Waals surface area contributed by atoms with E-state index in [-0.39, 0.29) is 11.8 Å². The van der Waals surface area contributed by atoms with Crippen LogP contribution in [0.1, 0.15) is 18.0 Å². The van der Waals surface area contributed by atoms with Crippen molar-refractivity contribution in [1.82, 2.24) is 5.32 Å². The molecule has 0 aromatic heterocycles. The second-order valence-electron chi connectivity index (χ2n) is 3.09. The van der Waals surface area contributed by atoms with E-state index in [9.17, 15) is 5.11 Å². The number of benzene rings is 1. The highest BCUT2D eigenvalue weighted by Crippen LogP contribution is 2.40. The maximum Gasteiger partial charge on any atom is 0.136 e. The molecule has 0 spiro atoms. The highest BCUT2D eigenvalue weighted by atomic mass is 79.9. The Labute approximate surface area is 90.0 Å². The zero-order valence-electron chi connectivity index (χ0n) is 6.85. The van der Waals surface area contributed by atoms with Crippen molar-refractivity contribution in [1.29, 1.82) is 0 Å². The van der Waals surface area contributed by atoms with E-state index in [1.807, 2.05) is 0 Å². The van der Waals surface area contributed by atoms with E-state index >= 15 is 0 Å². The van der Waals surface area contributed by atoms with Crippen molar-refractivity contribution >= 4 is 27.5 Å². The molecule has 4 heteroatoms. The monoisotopic (exact) mass is 261 g/mol. The van der Waals surface area contributed by atoms with Crippen molar-refractivity contribution in [3.8, 4) is 5.75 Å². The van der Waals surface area contributed by atoms with Gasteiger partial charge in [0, 0.05) is 16.6 Å². The summed E-state index contributed by atoms with van der Waals surface area (Å²) in [6, 6.07) is 3.76. The molecular weight excluding hydrogens is 253 g/mol. The lowest BCUT2D eigenvalue weighted by Crippen LogP contribution is -2.35. The predicted octanol–water partition coefficient (Wildman–Crippen LogP) is 2.84. The summed E-state index contributed by atoms with van der Waals surface area (Å²) in [5.41, 5.74) is 0.808. The summed E-state index contributed by atoms with van der Waals surface area (Å²) in [7, 11) is 0. The molecule has 0 saturated carbocycles. The number of nitrogens with one attached hydrogen (secondary N) is 1. The number of aromatic hydroxyl groups is 1. The first-order valence-electron chi connectivity index (χ1n) is 4.10. The van der Waals surface area contributed by atoms with Crippen molar-refractivity contribution in [2.45, 2.75) is 12.5 Å². The number of rotatable bonds is 1. The molecule has 1 aliphatic heterocycles. The van der Waals surface area contributed by atoms with Crippen LogP contribution in [0.3, 0.4) is 0 Å². The van der Waals surface area contributed by atoms with Gasteiger partial charge in [-0.3, -0.25) is 0 Å². The second-order valence-corrected chi connectivity index (χ2v) is 4.35. The normalized spacial score (nSPS) is 21.2. The average molecular weight is 263 g/mol. The number of phenols is 1. The Kier molecular flexibility index (Phi) is 2.49. The molecule has 2 rings (SSSR count). The van der Waals surface area contributed by atoms with Gasteiger partial charge in [0.1, 0.15) is 5.75 Å². The van der Waals surface area contributed by atoms with Gasteiger partial charge in [0.25, 0.3) is 0 Å². The van der Waals surface area contributed by atoms with Crippen LogP contribution in [0.25, 0.3) is 0 Å². The Morgan fingerprint density at radius 1 is 1.54 bits per heavy atom. The molecule has 0 aliphatic carbocycles. The Morgan fingerprint density at radius 2 is 2.23 bits per heavy atom. The van der Waals surface area contributed by atoms with Crippen molar-refractivity contribution in [3.05, 3.63) is 27.2 Å². The maximum atomic E-state index is 9.74. The fourth-order valence-electron chi connectivity index (χ4n) is 1.42. The van der Waals surface area contributed by atoms with E-state index < -0.39 is 0 Å². The summed E-state index contributed by atoms with van der Waals surface area (Å²) in [4.78, 5) is 0. The Morgan fingerprint density at radius 3 is 2.77 bits per heavy atom. The summed E-state index contributed by atoms with van der Waals surface area (Å²) in [5, 5.41) is 13.6. The van der Waals surface area contributed by atoms with Crippen LogP contribution < -0.4 is 5.32 Å². The van der Waals surface area contributed by atoms with E-state index in [0.29, 0.717) is 9.50 Å². The highest BCUT2D eigenvalue weighted by molar-refractivity contribution is 9.10. The number of halogens is 2. The van der Waals surface area contributed by atoms with Gasteiger partial charge in [-0.25, -0.2) is 0 Å². The number of hydrogen-bond acceptors (Lipinski definition) is 2. The Balaban J connectivity index is 2.46. The predicted molar refractivity (Wildman–Crippen MR) is 56.2 cm³/mol. The van der Waals surface area contributed by atoms with Crippen molar-refractivity contribution < 1.29 is 5.11 Å². The molecule has 70 valence electrons. The van der Waals surface area contributed by atoms with Crippen LogP contribution in [0.4, 0.5) is 0 Å². The molecule has 1 aromatic carbocycles. The molecule has 2 nitrogen and oxygen atoms in total. The maximum absolute atomic E-state index is 9.74. The lowest BCUT2D eigenvalue weighted by Gasteiger charge is -2.29. The quantitative estimate of drug-likeness (QED) is 0.816. The third kappa shape index (κ3) is 1.56. The van der Waals surface area contributed by atoms with Gasteiger partial charge in [0.05, 0.1) is 4.47 Å². The average Bonchev–Trinajstić information content (AvgIpc) is 2.02. The van der Waals surface area contributed by atoms with Gasteiger partial charge >= 0.3 is 0 Å². The van der Waals surface area contributed by atoms with Gasteiger partial charge in [0.2, 0.25) is 0 Å². The molecule has 0 amide bonds. The lowest BCUT2D eigenvalue weighted by molar-refractivity contribution is 0.364. The molecule has 0 unspecified atom stereocenters. The van der Waals surface area contributed by atoms with Crippen LogP contribution in [0, 0.1) is 0 Å². The molecule has 1 heterocycles. The van der Waals surface area contributed by atoms with E-state index in [2.05, 4.69) is 21.2 Å². The van der Waals surface area contributed by atoms with Crippen LogP contribution in [0.15, 0.2) is 16.6 Å². The van der Waals surface area contributed by atoms with Gasteiger partial charge in [-0.15, -0.1) is 0 Å². The molecule has 1 aromatic rings. The molecule has 1 aliphatic rings. The second kappa shape index (κ2) is 3.48. The summed E-state index contributed by atoms with van der Waals surface area (Å²) in [6.07, 6.45) is 1.03. The van der Waals surface area contributed by atoms with E-state index in [0.717, 1.165) is 18.5 Å². The summed E-state index contributed by atoms with van der Waals surface area (Å²) in [6.45, 7) is 0.993. The van der Waals surface area contributed by atoms with Gasteiger partial charge in [-0.2, -0.15) is 0 Å². The minimum Gasteiger partial charge on any atom is -0.506 e. The largest absolute Gasteiger partial charge is 0.506 e. The number of hydrogen-bond donors (Lipinski definition) is 2. The van der Waals surface area contributed by atoms with E-state index in [1.165, 1.54) is 0 Å². The Hall–Kier alpha value is -0.250. The van der Waals surface area contributed by atoms with Crippen LogP contribution in [-0.4, -0.2) is 11.7 Å². The van der Waals surface area contributed by atoms with E-state index in [4.69, 9.17) is 11.6 Å². The number of phenolic OH excluding ortho intramolecular Hbond substituents is 1. The van der Waals surface area contributed by atoms with Crippen LogP contribution in [0.2, 0.25) is 5.02 Å². The standard InChI is InChI=1S/C9H9BrClNO/c10-5-1-2-6(11)8(9(5)13)7-3-4-12-7/h1-2,7,12-13H,3-4H2/t7-/m0/s1. The molecule has 0 bridgehead atoms. The topological polar surface area (TPSA) is 32.3 Å². The van der Waals surface area contributed by atoms with Gasteiger partial charge in [0.15, 0.2) is 0 Å². The van der Waals surface area contributed by atoms with Gasteiger partial charge < -0.3 is 10.4 Å². The molecule has 13 heavy (non-hydrogen) atoms. The molecule has 0 radical (unpaired) electrons. The molecule has 1 atom stereocenters. The fraction of sp³-hybridized carbons (Fsp3) is 0.333. The van der Waals surface area contributed by atoms with Gasteiger partial charge in [-0.1, -0.05) is 11.6 Å². The first-order chi connectivity index (χ1) is 6.20. The van der Waals surface area contributed by atoms with Gasteiger partial charge in [-0.05, 0) is 41.0 Å². The summed E-state index contributed by atoms with van der Waals surface area (Å²) >= 11 is 9.25. The summed E-state index contributed by atoms with van der Waals surface area (Å²) < 4.78 is 0.695. The van der Waals surface area contributed by atoms with Crippen molar-refractivity contribution in [3.63, 3.8) is 0 Å². The van der Waals surface area contributed by atoms with Crippen molar-refractivity contribution in [2.75, 3.05) is 6.54 Å². The minimum atomic E-state index is 0.213. The van der Waals surface area contributed by atoms with Crippen LogP contribution >= 0.6 is 27.5 Å². The SMILES string of the molecule is Oc1c(Br)ccc(Cl)c1[C@@H]1CCN1. The molecule has 2 N–H and O–H groups in total. The first kappa shape index (κ1) is 9.31.